The zero-order valence-electron chi connectivity index (χ0n) is 15.6. The molecule has 1 heterocycles. The lowest BCUT2D eigenvalue weighted by atomic mass is 10.1. The Bertz CT molecular complexity index is 879. The number of nitrogens with zero attached hydrogens (tertiary/aromatic N) is 1. The Labute approximate surface area is 158 Å². The fourth-order valence-electron chi connectivity index (χ4n) is 2.63. The molecule has 6 heteroatoms. The number of amides is 1. The molecule has 0 spiro atoms. The fourth-order valence-corrected chi connectivity index (χ4v) is 2.63. The summed E-state index contributed by atoms with van der Waals surface area (Å²) in [6.07, 6.45) is 0.288. The highest BCUT2D eigenvalue weighted by Gasteiger charge is 2.10. The van der Waals surface area contributed by atoms with Crippen LogP contribution >= 0.6 is 0 Å². The van der Waals surface area contributed by atoms with Gasteiger partial charge in [-0.1, -0.05) is 17.3 Å². The maximum atomic E-state index is 12.2. The highest BCUT2D eigenvalue weighted by atomic mass is 16.5. The third kappa shape index (κ3) is 4.88. The van der Waals surface area contributed by atoms with Crippen molar-refractivity contribution in [3.8, 4) is 11.5 Å². The molecule has 0 aliphatic carbocycles. The van der Waals surface area contributed by atoms with Crippen LogP contribution in [0.3, 0.4) is 0 Å². The van der Waals surface area contributed by atoms with Crippen molar-refractivity contribution >= 4 is 11.6 Å². The van der Waals surface area contributed by atoms with Crippen LogP contribution in [0.1, 0.15) is 22.6 Å². The van der Waals surface area contributed by atoms with Crippen LogP contribution in [-0.2, 0) is 17.8 Å². The number of hydrogen-bond donors (Lipinski definition) is 1. The summed E-state index contributed by atoms with van der Waals surface area (Å²) in [7, 11) is 1.61. The van der Waals surface area contributed by atoms with Gasteiger partial charge in [-0.25, -0.2) is 0 Å². The molecular weight excluding hydrogens is 344 g/mol. The fraction of sp³-hybridized carbons (Fsp3) is 0.238. The van der Waals surface area contributed by atoms with E-state index in [1.165, 1.54) is 0 Å². The van der Waals surface area contributed by atoms with Gasteiger partial charge in [-0.2, -0.15) is 0 Å². The Morgan fingerprint density at radius 3 is 2.30 bits per heavy atom. The Hall–Kier alpha value is -3.28. The van der Waals surface area contributed by atoms with E-state index in [9.17, 15) is 4.79 Å². The molecule has 3 aromatic rings. The number of rotatable bonds is 7. The molecule has 0 fully saturated rings. The van der Waals surface area contributed by atoms with Crippen molar-refractivity contribution in [2.75, 3.05) is 12.4 Å². The average molecular weight is 366 g/mol. The monoisotopic (exact) mass is 366 g/mol. The van der Waals surface area contributed by atoms with E-state index < -0.39 is 0 Å². The number of hydrogen-bond acceptors (Lipinski definition) is 5. The molecule has 0 saturated heterocycles. The van der Waals surface area contributed by atoms with Gasteiger partial charge in [0.05, 0.1) is 24.8 Å². The molecule has 27 heavy (non-hydrogen) atoms. The third-order valence-corrected chi connectivity index (χ3v) is 4.23. The smallest absolute Gasteiger partial charge is 0.228 e. The molecule has 3 rings (SSSR count). The van der Waals surface area contributed by atoms with E-state index in [0.29, 0.717) is 6.61 Å². The summed E-state index contributed by atoms with van der Waals surface area (Å²) in [6.45, 7) is 4.15. The first kappa shape index (κ1) is 18.5. The Morgan fingerprint density at radius 2 is 1.70 bits per heavy atom. The predicted octanol–water partition coefficient (Wildman–Crippen LogP) is 4.06. The number of methoxy groups -OCH3 is 1. The van der Waals surface area contributed by atoms with Crippen LogP contribution in [0.15, 0.2) is 53.1 Å². The molecular formula is C21H22N2O4. The first-order valence-electron chi connectivity index (χ1n) is 8.62. The highest BCUT2D eigenvalue weighted by molar-refractivity contribution is 5.92. The van der Waals surface area contributed by atoms with E-state index in [-0.39, 0.29) is 12.3 Å². The van der Waals surface area contributed by atoms with Crippen LogP contribution < -0.4 is 14.8 Å². The van der Waals surface area contributed by atoms with Crippen LogP contribution in [0.2, 0.25) is 0 Å². The van der Waals surface area contributed by atoms with Crippen LogP contribution in [0, 0.1) is 13.8 Å². The quantitative estimate of drug-likeness (QED) is 0.683. The SMILES string of the molecule is COc1ccc(NC(=O)Cc2ccc(OCc3c(C)noc3C)cc2)cc1. The van der Waals surface area contributed by atoms with Crippen molar-refractivity contribution in [1.82, 2.24) is 5.16 Å². The number of nitrogens with one attached hydrogen (secondary N) is 1. The zero-order valence-corrected chi connectivity index (χ0v) is 15.6. The normalized spacial score (nSPS) is 10.5. The van der Waals surface area contributed by atoms with E-state index in [1.807, 2.05) is 50.2 Å². The topological polar surface area (TPSA) is 73.6 Å². The molecule has 0 saturated carbocycles. The van der Waals surface area contributed by atoms with Gasteiger partial charge in [0.2, 0.25) is 5.91 Å². The third-order valence-electron chi connectivity index (χ3n) is 4.23. The Morgan fingerprint density at radius 1 is 1.04 bits per heavy atom. The number of carbonyl (C=O) groups excluding carboxylic acids is 1. The maximum absolute atomic E-state index is 12.2. The second kappa shape index (κ2) is 8.40. The van der Waals surface area contributed by atoms with Gasteiger partial charge in [0.1, 0.15) is 23.9 Å². The lowest BCUT2D eigenvalue weighted by molar-refractivity contribution is -0.115. The number of aromatic nitrogens is 1. The molecule has 1 N–H and O–H groups in total. The van der Waals surface area contributed by atoms with Gasteiger partial charge in [0, 0.05) is 5.69 Å². The van der Waals surface area contributed by atoms with Crippen LogP contribution in [0.25, 0.3) is 0 Å². The van der Waals surface area contributed by atoms with E-state index in [1.54, 1.807) is 19.2 Å². The van der Waals surface area contributed by atoms with E-state index in [0.717, 1.165) is 39.8 Å². The summed E-state index contributed by atoms with van der Waals surface area (Å²) < 4.78 is 16.0. The molecule has 1 aromatic heterocycles. The Kier molecular flexibility index (Phi) is 5.76. The minimum Gasteiger partial charge on any atom is -0.497 e. The minimum absolute atomic E-state index is 0.0791. The standard InChI is InChI=1S/C21H22N2O4/c1-14-20(15(2)27-23-14)13-26-19-8-4-16(5-9-19)12-21(24)22-17-6-10-18(25-3)11-7-17/h4-11H,12-13H2,1-3H3,(H,22,24). The number of ether oxygens (including phenoxy) is 2. The van der Waals surface area contributed by atoms with Gasteiger partial charge in [-0.3, -0.25) is 4.79 Å². The van der Waals surface area contributed by atoms with Crippen molar-refractivity contribution < 1.29 is 18.8 Å². The summed E-state index contributed by atoms with van der Waals surface area (Å²) in [5.41, 5.74) is 3.43. The van der Waals surface area contributed by atoms with Gasteiger partial charge < -0.3 is 19.3 Å². The summed E-state index contributed by atoms with van der Waals surface area (Å²) in [4.78, 5) is 12.2. The molecule has 0 unspecified atom stereocenters. The average Bonchev–Trinajstić information content (AvgIpc) is 2.99. The summed E-state index contributed by atoms with van der Waals surface area (Å²) in [5, 5.41) is 6.78. The first-order valence-corrected chi connectivity index (χ1v) is 8.62. The van der Waals surface area contributed by atoms with Gasteiger partial charge in [0.25, 0.3) is 0 Å². The maximum Gasteiger partial charge on any atom is 0.228 e. The van der Waals surface area contributed by atoms with E-state index in [4.69, 9.17) is 14.0 Å². The molecule has 0 bridgehead atoms. The lowest BCUT2D eigenvalue weighted by Gasteiger charge is -2.08. The molecule has 0 aliphatic heterocycles. The molecule has 6 nitrogen and oxygen atoms in total. The van der Waals surface area contributed by atoms with Crippen molar-refractivity contribution in [3.05, 3.63) is 71.1 Å². The van der Waals surface area contributed by atoms with E-state index in [2.05, 4.69) is 10.5 Å². The minimum atomic E-state index is -0.0791. The van der Waals surface area contributed by atoms with Gasteiger partial charge in [-0.05, 0) is 55.8 Å². The van der Waals surface area contributed by atoms with Crippen molar-refractivity contribution in [2.45, 2.75) is 26.9 Å². The summed E-state index contributed by atoms with van der Waals surface area (Å²) in [6, 6.07) is 14.7. The predicted molar refractivity (Wildman–Crippen MR) is 102 cm³/mol. The van der Waals surface area contributed by atoms with Gasteiger partial charge in [-0.15, -0.1) is 0 Å². The van der Waals surface area contributed by atoms with Crippen molar-refractivity contribution in [2.24, 2.45) is 0 Å². The molecule has 1 amide bonds. The van der Waals surface area contributed by atoms with Crippen molar-refractivity contribution in [3.63, 3.8) is 0 Å². The number of carbonyl (C=O) groups is 1. The molecule has 0 radical (unpaired) electrons. The van der Waals surface area contributed by atoms with Gasteiger partial charge >= 0.3 is 0 Å². The van der Waals surface area contributed by atoms with Crippen LogP contribution in [0.4, 0.5) is 5.69 Å². The highest BCUT2D eigenvalue weighted by Crippen LogP contribution is 2.19. The first-order chi connectivity index (χ1) is 13.0. The lowest BCUT2D eigenvalue weighted by Crippen LogP contribution is -2.14. The summed E-state index contributed by atoms with van der Waals surface area (Å²) in [5.74, 6) is 2.17. The van der Waals surface area contributed by atoms with Crippen LogP contribution in [0.5, 0.6) is 11.5 Å². The molecule has 2 aromatic carbocycles. The van der Waals surface area contributed by atoms with Crippen LogP contribution in [-0.4, -0.2) is 18.2 Å². The summed E-state index contributed by atoms with van der Waals surface area (Å²) >= 11 is 0. The zero-order chi connectivity index (χ0) is 19.2. The Balaban J connectivity index is 1.52. The largest absolute Gasteiger partial charge is 0.497 e. The van der Waals surface area contributed by atoms with Gasteiger partial charge in [0.15, 0.2) is 0 Å². The number of aryl methyl sites for hydroxylation is 2. The molecule has 0 aliphatic rings. The number of benzene rings is 2. The number of anilines is 1. The second-order valence-electron chi connectivity index (χ2n) is 6.19. The second-order valence-corrected chi connectivity index (χ2v) is 6.19. The van der Waals surface area contributed by atoms with Crippen molar-refractivity contribution in [1.29, 1.82) is 0 Å². The van der Waals surface area contributed by atoms with E-state index >= 15 is 0 Å². The molecule has 140 valence electrons. The molecule has 0 atom stereocenters.